The van der Waals surface area contributed by atoms with Gasteiger partial charge in [-0.1, -0.05) is 36.5 Å². The molecule has 0 unspecified atom stereocenters. The molecule has 0 aliphatic rings. The van der Waals surface area contributed by atoms with Crippen LogP contribution in [0.25, 0.3) is 10.6 Å². The molecule has 33 heavy (non-hydrogen) atoms. The third-order valence-corrected chi connectivity index (χ3v) is 5.48. The molecule has 2 amide bonds. The van der Waals surface area contributed by atoms with Crippen molar-refractivity contribution in [2.75, 3.05) is 18.4 Å². The van der Waals surface area contributed by atoms with Crippen molar-refractivity contribution in [2.24, 2.45) is 0 Å². The first-order chi connectivity index (χ1) is 15.7. The van der Waals surface area contributed by atoms with Crippen LogP contribution < -0.4 is 5.32 Å². The Morgan fingerprint density at radius 2 is 1.79 bits per heavy atom. The van der Waals surface area contributed by atoms with E-state index in [0.717, 1.165) is 29.5 Å². The van der Waals surface area contributed by atoms with E-state index in [0.29, 0.717) is 23.5 Å². The number of carbonyl (C=O) groups is 2. The van der Waals surface area contributed by atoms with Crippen LogP contribution in [0.3, 0.4) is 0 Å². The molecular weight excluding hydrogens is 460 g/mol. The van der Waals surface area contributed by atoms with Gasteiger partial charge in [-0.3, -0.25) is 9.59 Å². The fourth-order valence-corrected chi connectivity index (χ4v) is 3.76. The Hall–Kier alpha value is -3.34. The second-order valence-electron chi connectivity index (χ2n) is 7.09. The third-order valence-electron chi connectivity index (χ3n) is 4.59. The fraction of sp³-hybridized carbons (Fsp3) is 0.273. The van der Waals surface area contributed by atoms with Gasteiger partial charge >= 0.3 is 6.18 Å². The number of hydrogen-bond donors (Lipinski definition) is 1. The molecule has 0 atom stereocenters. The lowest BCUT2D eigenvalue weighted by molar-refractivity contribution is -0.137. The normalized spacial score (nSPS) is 11.3. The van der Waals surface area contributed by atoms with Crippen LogP contribution in [-0.2, 0) is 11.0 Å². The molecule has 1 heterocycles. The highest BCUT2D eigenvalue weighted by atomic mass is 32.1. The van der Waals surface area contributed by atoms with Gasteiger partial charge in [0.25, 0.3) is 5.91 Å². The second-order valence-corrected chi connectivity index (χ2v) is 8.07. The summed E-state index contributed by atoms with van der Waals surface area (Å²) in [7, 11) is 0. The third kappa shape index (κ3) is 6.58. The van der Waals surface area contributed by atoms with Crippen LogP contribution in [0.2, 0.25) is 0 Å². The summed E-state index contributed by atoms with van der Waals surface area (Å²) in [6, 6.07) is 9.83. The summed E-state index contributed by atoms with van der Waals surface area (Å²) in [4.78, 5) is 26.5. The maximum atomic E-state index is 13.4. The topological polar surface area (TPSA) is 75.2 Å². The number of halogens is 4. The molecule has 3 aromatic rings. The lowest BCUT2D eigenvalue weighted by Gasteiger charge is -2.22. The van der Waals surface area contributed by atoms with Gasteiger partial charge in [0, 0.05) is 30.6 Å². The van der Waals surface area contributed by atoms with E-state index >= 15 is 0 Å². The molecule has 1 N–H and O–H groups in total. The number of amides is 2. The zero-order valence-electron chi connectivity index (χ0n) is 17.5. The second kappa shape index (κ2) is 10.5. The van der Waals surface area contributed by atoms with Crippen molar-refractivity contribution >= 4 is 28.3 Å². The van der Waals surface area contributed by atoms with Gasteiger partial charge in [0.15, 0.2) is 0 Å². The van der Waals surface area contributed by atoms with Gasteiger partial charge in [-0.05, 0) is 36.8 Å². The smallest absolute Gasteiger partial charge is 0.338 e. The lowest BCUT2D eigenvalue weighted by atomic mass is 10.1. The number of alkyl halides is 3. The molecule has 0 saturated carbocycles. The number of aromatic nitrogens is 2. The Bertz CT molecular complexity index is 1120. The Balaban J connectivity index is 1.59. The van der Waals surface area contributed by atoms with Crippen LogP contribution in [0.1, 0.15) is 35.7 Å². The van der Waals surface area contributed by atoms with Crippen LogP contribution in [0, 0.1) is 5.82 Å². The first kappa shape index (κ1) is 24.3. The van der Waals surface area contributed by atoms with E-state index in [9.17, 15) is 27.2 Å². The number of anilines is 1. The molecular formula is C22H20F4N4O2S. The summed E-state index contributed by atoms with van der Waals surface area (Å²) >= 11 is 1.02. The maximum Gasteiger partial charge on any atom is 0.416 e. The summed E-state index contributed by atoms with van der Waals surface area (Å²) in [5, 5.41) is 10.9. The molecule has 0 aliphatic carbocycles. The van der Waals surface area contributed by atoms with E-state index in [1.165, 1.54) is 35.2 Å². The van der Waals surface area contributed by atoms with Gasteiger partial charge in [0.05, 0.1) is 5.56 Å². The van der Waals surface area contributed by atoms with E-state index in [4.69, 9.17) is 0 Å². The van der Waals surface area contributed by atoms with Gasteiger partial charge in [0.1, 0.15) is 10.8 Å². The highest BCUT2D eigenvalue weighted by Gasteiger charge is 2.30. The van der Waals surface area contributed by atoms with E-state index in [1.807, 2.05) is 6.92 Å². The van der Waals surface area contributed by atoms with E-state index < -0.39 is 23.5 Å². The molecule has 0 saturated heterocycles. The number of nitrogens with one attached hydrogen (secondary N) is 1. The molecule has 6 nitrogen and oxygen atoms in total. The van der Waals surface area contributed by atoms with Gasteiger partial charge in [-0.2, -0.15) is 13.2 Å². The summed E-state index contributed by atoms with van der Waals surface area (Å²) < 4.78 is 51.5. The average molecular weight is 480 g/mol. The van der Waals surface area contributed by atoms with Gasteiger partial charge in [-0.25, -0.2) is 4.39 Å². The molecule has 3 rings (SSSR count). The first-order valence-electron chi connectivity index (χ1n) is 10.0. The molecule has 174 valence electrons. The molecule has 0 spiro atoms. The van der Waals surface area contributed by atoms with Crippen LogP contribution in [0.5, 0.6) is 0 Å². The number of hydrogen-bond acceptors (Lipinski definition) is 5. The number of carbonyl (C=O) groups excluding carboxylic acids is 2. The molecule has 2 aromatic carbocycles. The molecule has 0 fully saturated rings. The monoisotopic (exact) mass is 480 g/mol. The van der Waals surface area contributed by atoms with Crippen LogP contribution in [0.4, 0.5) is 22.7 Å². The predicted molar refractivity (Wildman–Crippen MR) is 116 cm³/mol. The molecule has 11 heteroatoms. The van der Waals surface area contributed by atoms with Crippen molar-refractivity contribution in [3.63, 3.8) is 0 Å². The van der Waals surface area contributed by atoms with Crippen molar-refractivity contribution in [1.82, 2.24) is 15.1 Å². The minimum atomic E-state index is -4.43. The largest absolute Gasteiger partial charge is 0.416 e. The lowest BCUT2D eigenvalue weighted by Crippen LogP contribution is -2.34. The zero-order chi connectivity index (χ0) is 24.0. The minimum absolute atomic E-state index is 0.0176. The van der Waals surface area contributed by atoms with Crippen LogP contribution in [-0.4, -0.2) is 40.0 Å². The van der Waals surface area contributed by atoms with Crippen molar-refractivity contribution in [3.8, 4) is 10.6 Å². The quantitative estimate of drug-likeness (QED) is 0.447. The number of nitrogens with zero attached hydrogens (tertiary/aromatic N) is 3. The van der Waals surface area contributed by atoms with Crippen LogP contribution >= 0.6 is 11.3 Å². The van der Waals surface area contributed by atoms with Crippen molar-refractivity contribution in [3.05, 3.63) is 65.5 Å². The van der Waals surface area contributed by atoms with E-state index in [-0.39, 0.29) is 29.6 Å². The van der Waals surface area contributed by atoms with E-state index in [1.54, 1.807) is 0 Å². The van der Waals surface area contributed by atoms with Crippen molar-refractivity contribution in [2.45, 2.75) is 25.9 Å². The first-order valence-corrected chi connectivity index (χ1v) is 10.8. The standard InChI is InChI=1S/C22H20F4N4O2S/c1-2-11-30(20(32)15-4-3-5-17(23)13-15)12-10-18(31)27-21-29-28-19(33-21)14-6-8-16(9-7-14)22(24,25)26/h3-9,13H,2,10-12H2,1H3,(H,27,29,31). The predicted octanol–water partition coefficient (Wildman–Crippen LogP) is 5.24. The Labute approximate surface area is 191 Å². The maximum absolute atomic E-state index is 13.4. The van der Waals surface area contributed by atoms with Gasteiger partial charge in [0.2, 0.25) is 11.0 Å². The molecule has 1 aromatic heterocycles. The zero-order valence-corrected chi connectivity index (χ0v) is 18.3. The number of benzene rings is 2. The van der Waals surface area contributed by atoms with Crippen molar-refractivity contribution in [1.29, 1.82) is 0 Å². The fourth-order valence-electron chi connectivity index (χ4n) is 3.00. The van der Waals surface area contributed by atoms with E-state index in [2.05, 4.69) is 15.5 Å². The Kier molecular flexibility index (Phi) is 7.75. The summed E-state index contributed by atoms with van der Waals surface area (Å²) in [6.45, 7) is 2.41. The SMILES string of the molecule is CCCN(CCC(=O)Nc1nnc(-c2ccc(C(F)(F)F)cc2)s1)C(=O)c1cccc(F)c1. The van der Waals surface area contributed by atoms with Crippen LogP contribution in [0.15, 0.2) is 48.5 Å². The molecule has 0 bridgehead atoms. The Morgan fingerprint density at radius 1 is 1.06 bits per heavy atom. The number of rotatable bonds is 8. The average Bonchev–Trinajstić information content (AvgIpc) is 3.24. The summed E-state index contributed by atoms with van der Waals surface area (Å²) in [5.74, 6) is -1.29. The molecule has 0 aliphatic heterocycles. The summed E-state index contributed by atoms with van der Waals surface area (Å²) in [6.07, 6.45) is -3.79. The van der Waals surface area contributed by atoms with Crippen molar-refractivity contribution < 1.29 is 27.2 Å². The molecule has 0 radical (unpaired) electrons. The highest BCUT2D eigenvalue weighted by Crippen LogP contribution is 2.32. The van der Waals surface area contributed by atoms with Gasteiger partial charge in [-0.15, -0.1) is 10.2 Å². The van der Waals surface area contributed by atoms with Gasteiger partial charge < -0.3 is 10.2 Å². The highest BCUT2D eigenvalue weighted by molar-refractivity contribution is 7.18. The summed E-state index contributed by atoms with van der Waals surface area (Å²) in [5.41, 5.74) is -0.126. The minimum Gasteiger partial charge on any atom is -0.338 e. The Morgan fingerprint density at radius 3 is 2.42 bits per heavy atom.